The number of benzene rings is 3. The minimum atomic E-state index is -0.907. The van der Waals surface area contributed by atoms with Crippen molar-refractivity contribution in [3.63, 3.8) is 0 Å². The van der Waals surface area contributed by atoms with E-state index >= 15 is 0 Å². The zero-order chi connectivity index (χ0) is 29.2. The Hall–Kier alpha value is -3.39. The first-order chi connectivity index (χ1) is 19.9. The number of methoxy groups -OCH3 is 2. The minimum Gasteiger partial charge on any atom is -0.497 e. The second-order valence-electron chi connectivity index (χ2n) is 11.0. The molecule has 1 N–H and O–H groups in total. The van der Waals surface area contributed by atoms with Crippen LogP contribution in [0, 0.1) is 11.8 Å². The number of rotatable bonds is 13. The fraction of sp³-hybridized carbons (Fsp3) is 0.441. The summed E-state index contributed by atoms with van der Waals surface area (Å²) in [5, 5.41) is 10.4. The topological polar surface area (TPSA) is 71.5 Å². The number of carbonyl (C=O) groups is 1. The van der Waals surface area contributed by atoms with Gasteiger partial charge in [0.2, 0.25) is 5.91 Å². The molecule has 0 saturated carbocycles. The lowest BCUT2D eigenvalue weighted by Crippen LogP contribution is -2.50. The second kappa shape index (κ2) is 14.5. The lowest BCUT2D eigenvalue weighted by Gasteiger charge is -2.38. The summed E-state index contributed by atoms with van der Waals surface area (Å²) in [4.78, 5) is 16.7. The fourth-order valence-electron chi connectivity index (χ4n) is 5.47. The van der Waals surface area contributed by atoms with E-state index in [9.17, 15) is 9.90 Å². The van der Waals surface area contributed by atoms with E-state index < -0.39 is 5.60 Å². The molecule has 1 unspecified atom stereocenters. The molecule has 0 aliphatic carbocycles. The molecular weight excluding hydrogens is 516 g/mol. The highest BCUT2D eigenvalue weighted by molar-refractivity contribution is 5.78. The van der Waals surface area contributed by atoms with Crippen LogP contribution in [0.25, 0.3) is 0 Å². The zero-order valence-electron chi connectivity index (χ0n) is 24.8. The maximum atomic E-state index is 12.4. The molecule has 0 bridgehead atoms. The van der Waals surface area contributed by atoms with Crippen molar-refractivity contribution >= 4 is 5.91 Å². The van der Waals surface area contributed by atoms with E-state index in [-0.39, 0.29) is 24.3 Å². The number of carbonyl (C=O) groups excluding carboxylic acids is 1. The largest absolute Gasteiger partial charge is 0.497 e. The van der Waals surface area contributed by atoms with Crippen LogP contribution in [0.4, 0.5) is 0 Å². The molecule has 220 valence electrons. The van der Waals surface area contributed by atoms with Crippen LogP contribution in [-0.4, -0.2) is 81.0 Å². The molecule has 7 nitrogen and oxygen atoms in total. The van der Waals surface area contributed by atoms with Gasteiger partial charge in [-0.3, -0.25) is 9.69 Å². The van der Waals surface area contributed by atoms with Gasteiger partial charge in [-0.1, -0.05) is 68.4 Å². The number of aliphatic hydroxyl groups is 1. The average molecular weight is 561 g/mol. The van der Waals surface area contributed by atoms with Crippen molar-refractivity contribution in [1.29, 1.82) is 0 Å². The van der Waals surface area contributed by atoms with E-state index in [1.165, 1.54) is 0 Å². The summed E-state index contributed by atoms with van der Waals surface area (Å²) in [5.74, 6) is 1.74. The van der Waals surface area contributed by atoms with E-state index in [2.05, 4.69) is 17.0 Å². The monoisotopic (exact) mass is 560 g/mol. The van der Waals surface area contributed by atoms with Gasteiger partial charge in [0.05, 0.1) is 20.8 Å². The van der Waals surface area contributed by atoms with Gasteiger partial charge in [0.1, 0.15) is 17.1 Å². The predicted molar refractivity (Wildman–Crippen MR) is 161 cm³/mol. The van der Waals surface area contributed by atoms with Gasteiger partial charge in [-0.15, -0.1) is 0 Å². The first kappa shape index (κ1) is 30.6. The molecule has 1 atom stereocenters. The van der Waals surface area contributed by atoms with Crippen LogP contribution >= 0.6 is 0 Å². The quantitative estimate of drug-likeness (QED) is 0.303. The molecule has 0 spiro atoms. The maximum absolute atomic E-state index is 12.4. The molecule has 1 fully saturated rings. The van der Waals surface area contributed by atoms with Crippen molar-refractivity contribution in [1.82, 2.24) is 9.80 Å². The number of hydrogen-bond donors (Lipinski definition) is 1. The molecule has 0 radical (unpaired) electrons. The fourth-order valence-corrected chi connectivity index (χ4v) is 5.47. The van der Waals surface area contributed by atoms with Crippen molar-refractivity contribution in [2.24, 2.45) is 11.8 Å². The van der Waals surface area contributed by atoms with Crippen molar-refractivity contribution in [3.8, 4) is 11.5 Å². The molecule has 41 heavy (non-hydrogen) atoms. The van der Waals surface area contributed by atoms with Crippen molar-refractivity contribution in [3.05, 3.63) is 95.6 Å². The number of piperazine rings is 1. The van der Waals surface area contributed by atoms with Gasteiger partial charge in [0.25, 0.3) is 0 Å². The molecule has 3 aromatic rings. The summed E-state index contributed by atoms with van der Waals surface area (Å²) >= 11 is 0. The normalized spacial score (nSPS) is 15.1. The van der Waals surface area contributed by atoms with E-state index in [1.807, 2.05) is 85.5 Å². The van der Waals surface area contributed by atoms with E-state index in [0.717, 1.165) is 67.3 Å². The van der Waals surface area contributed by atoms with Crippen molar-refractivity contribution in [2.75, 3.05) is 60.2 Å². The number of nitrogens with zero attached hydrogens (tertiary/aromatic N) is 2. The Morgan fingerprint density at radius 2 is 1.32 bits per heavy atom. The smallest absolute Gasteiger partial charge is 0.225 e. The molecule has 4 rings (SSSR count). The first-order valence-corrected chi connectivity index (χ1v) is 14.5. The van der Waals surface area contributed by atoms with Gasteiger partial charge in [-0.05, 0) is 53.9 Å². The average Bonchev–Trinajstić information content (AvgIpc) is 3.03. The van der Waals surface area contributed by atoms with E-state index in [1.54, 1.807) is 14.2 Å². The molecule has 1 amide bonds. The molecular formula is C34H44N2O5. The SMILES string of the molecule is COc1ccc(C(OCC(CO)CCN2CCN(C(=O)C(C)C)CC2)(c2ccccc2)c2ccc(OC)cc2)cc1. The van der Waals surface area contributed by atoms with Crippen LogP contribution < -0.4 is 9.47 Å². The number of aliphatic hydroxyl groups excluding tert-OH is 1. The van der Waals surface area contributed by atoms with E-state index in [0.29, 0.717) is 6.61 Å². The molecule has 1 heterocycles. The van der Waals surface area contributed by atoms with Gasteiger partial charge < -0.3 is 24.2 Å². The number of ether oxygens (including phenoxy) is 3. The van der Waals surface area contributed by atoms with E-state index in [4.69, 9.17) is 14.2 Å². The summed E-state index contributed by atoms with van der Waals surface area (Å²) in [6, 6.07) is 26.2. The van der Waals surface area contributed by atoms with Crippen molar-refractivity contribution in [2.45, 2.75) is 25.9 Å². The lowest BCUT2D eigenvalue weighted by atomic mass is 9.80. The van der Waals surface area contributed by atoms with Crippen LogP contribution in [0.1, 0.15) is 37.0 Å². The molecule has 7 heteroatoms. The molecule has 1 saturated heterocycles. The molecule has 3 aromatic carbocycles. The third-order valence-electron chi connectivity index (χ3n) is 8.00. The maximum Gasteiger partial charge on any atom is 0.225 e. The standard InChI is InChI=1S/C34H44N2O5/c1-26(2)33(38)36-22-20-35(21-23-36)19-18-27(24-37)25-41-34(28-8-6-5-7-9-28,29-10-14-31(39-3)15-11-29)30-12-16-32(40-4)17-13-30/h5-17,26-27,37H,18-25H2,1-4H3. The van der Waals surface area contributed by atoms with Gasteiger partial charge in [0.15, 0.2) is 0 Å². The van der Waals surface area contributed by atoms with Crippen LogP contribution in [0.15, 0.2) is 78.9 Å². The Labute approximate surface area is 244 Å². The summed E-state index contributed by atoms with van der Waals surface area (Å²) in [6.07, 6.45) is 0.796. The summed E-state index contributed by atoms with van der Waals surface area (Å²) in [6.45, 7) is 8.36. The molecule has 1 aliphatic rings. The predicted octanol–water partition coefficient (Wildman–Crippen LogP) is 4.81. The number of amides is 1. The molecule has 1 aliphatic heterocycles. The molecule has 0 aromatic heterocycles. The van der Waals surface area contributed by atoms with Gasteiger partial charge >= 0.3 is 0 Å². The van der Waals surface area contributed by atoms with Gasteiger partial charge in [0, 0.05) is 44.6 Å². The highest BCUT2D eigenvalue weighted by atomic mass is 16.5. The zero-order valence-corrected chi connectivity index (χ0v) is 24.8. The Morgan fingerprint density at radius 3 is 1.78 bits per heavy atom. The Bertz CT molecular complexity index is 1160. The van der Waals surface area contributed by atoms with Gasteiger partial charge in [-0.25, -0.2) is 0 Å². The van der Waals surface area contributed by atoms with Gasteiger partial charge in [-0.2, -0.15) is 0 Å². The van der Waals surface area contributed by atoms with Crippen LogP contribution in [0.3, 0.4) is 0 Å². The number of hydrogen-bond acceptors (Lipinski definition) is 6. The third-order valence-corrected chi connectivity index (χ3v) is 8.00. The summed E-state index contributed by atoms with van der Waals surface area (Å²) < 4.78 is 17.9. The Kier molecular flexibility index (Phi) is 10.8. The Balaban J connectivity index is 1.56. The minimum absolute atomic E-state index is 0.0266. The second-order valence-corrected chi connectivity index (χ2v) is 11.0. The Morgan fingerprint density at radius 1 is 0.805 bits per heavy atom. The first-order valence-electron chi connectivity index (χ1n) is 14.5. The lowest BCUT2D eigenvalue weighted by molar-refractivity contribution is -0.136. The third kappa shape index (κ3) is 7.28. The van der Waals surface area contributed by atoms with Crippen LogP contribution in [-0.2, 0) is 15.1 Å². The highest BCUT2D eigenvalue weighted by Crippen LogP contribution is 2.42. The van der Waals surface area contributed by atoms with Crippen molar-refractivity contribution < 1.29 is 24.1 Å². The summed E-state index contributed by atoms with van der Waals surface area (Å²) in [7, 11) is 3.32. The van der Waals surface area contributed by atoms with Crippen LogP contribution in [0.2, 0.25) is 0 Å². The summed E-state index contributed by atoms with van der Waals surface area (Å²) in [5.41, 5.74) is 2.03. The highest BCUT2D eigenvalue weighted by Gasteiger charge is 2.38. The van der Waals surface area contributed by atoms with Crippen LogP contribution in [0.5, 0.6) is 11.5 Å².